The van der Waals surface area contributed by atoms with E-state index in [-0.39, 0.29) is 6.61 Å². The van der Waals surface area contributed by atoms with Gasteiger partial charge in [-0.2, -0.15) is 4.98 Å². The first-order chi connectivity index (χ1) is 19.3. The van der Waals surface area contributed by atoms with Crippen molar-refractivity contribution in [2.24, 2.45) is 0 Å². The average molecular weight is 660 g/mol. The second-order valence-electron chi connectivity index (χ2n) is 8.93. The molecule has 0 amide bonds. The van der Waals surface area contributed by atoms with Gasteiger partial charge in [-0.05, 0) is 61.4 Å². The van der Waals surface area contributed by atoms with Gasteiger partial charge in [0, 0.05) is 31.5 Å². The lowest BCUT2D eigenvalue weighted by Crippen LogP contribution is -2.30. The lowest BCUT2D eigenvalue weighted by Gasteiger charge is -2.29. The number of fused-ring (bicyclic) bond motifs is 1. The van der Waals surface area contributed by atoms with Crippen LogP contribution in [0, 0.1) is 0 Å². The fourth-order valence-corrected chi connectivity index (χ4v) is 5.94. The molecule has 2 heterocycles. The zero-order valence-corrected chi connectivity index (χ0v) is 25.6. The molecule has 0 bridgehead atoms. The smallest absolute Gasteiger partial charge is 0.338 e. The van der Waals surface area contributed by atoms with Crippen LogP contribution >= 0.6 is 50.9 Å². The molecule has 0 spiro atoms. The highest BCUT2D eigenvalue weighted by Crippen LogP contribution is 2.42. The summed E-state index contributed by atoms with van der Waals surface area (Å²) >= 11 is 17.5. The van der Waals surface area contributed by atoms with Gasteiger partial charge in [0.15, 0.2) is 0 Å². The highest BCUT2D eigenvalue weighted by molar-refractivity contribution is 9.10. The molecule has 5 rings (SSSR count). The summed E-state index contributed by atoms with van der Waals surface area (Å²) in [6.45, 7) is 4.17. The van der Waals surface area contributed by atoms with Crippen LogP contribution in [0.15, 0.2) is 87.6 Å². The molecule has 1 atom stereocenters. The number of carbonyl (C=O) groups is 1. The topological polar surface area (TPSA) is 78.3 Å². The average Bonchev–Trinajstić information content (AvgIpc) is 3.34. The van der Waals surface area contributed by atoms with Gasteiger partial charge in [0.25, 0.3) is 0 Å². The van der Waals surface area contributed by atoms with Crippen LogP contribution in [0.1, 0.15) is 36.6 Å². The maximum absolute atomic E-state index is 13.3. The molecule has 206 valence electrons. The first-order valence-corrected chi connectivity index (χ1v) is 15.0. The molecule has 0 saturated carbocycles. The van der Waals surface area contributed by atoms with Crippen molar-refractivity contribution in [3.63, 3.8) is 0 Å². The van der Waals surface area contributed by atoms with Crippen LogP contribution in [0.5, 0.6) is 5.75 Å². The second kappa shape index (κ2) is 12.7. The highest BCUT2D eigenvalue weighted by atomic mass is 79.9. The maximum Gasteiger partial charge on any atom is 0.338 e. The number of rotatable bonds is 9. The Balaban J connectivity index is 1.53. The number of nitrogens with one attached hydrogen (secondary N) is 1. The van der Waals surface area contributed by atoms with E-state index < -0.39 is 12.0 Å². The molecule has 0 saturated heterocycles. The summed E-state index contributed by atoms with van der Waals surface area (Å²) in [5, 5.41) is 9.95. The summed E-state index contributed by atoms with van der Waals surface area (Å²) < 4.78 is 14.3. The van der Waals surface area contributed by atoms with Gasteiger partial charge in [-0.3, -0.25) is 0 Å². The minimum absolute atomic E-state index is 0.240. The van der Waals surface area contributed by atoms with Crippen LogP contribution in [-0.4, -0.2) is 27.3 Å². The van der Waals surface area contributed by atoms with Crippen LogP contribution in [0.3, 0.4) is 0 Å². The van der Waals surface area contributed by atoms with E-state index in [0.29, 0.717) is 50.5 Å². The molecular weight excluding hydrogens is 635 g/mol. The van der Waals surface area contributed by atoms with Crippen LogP contribution in [0.4, 0.5) is 5.95 Å². The minimum atomic E-state index is -0.643. The molecule has 1 aliphatic rings. The first-order valence-electron chi connectivity index (χ1n) is 12.5. The third-order valence-corrected chi connectivity index (χ3v) is 8.22. The number of nitrogens with zero attached hydrogens (tertiary/aromatic N) is 3. The monoisotopic (exact) mass is 658 g/mol. The van der Waals surface area contributed by atoms with E-state index in [1.54, 1.807) is 11.6 Å². The van der Waals surface area contributed by atoms with Crippen molar-refractivity contribution in [1.82, 2.24) is 14.8 Å². The Morgan fingerprint density at radius 1 is 1.12 bits per heavy atom. The van der Waals surface area contributed by atoms with Gasteiger partial charge in [-0.15, -0.1) is 5.10 Å². The van der Waals surface area contributed by atoms with Gasteiger partial charge in [0.05, 0.1) is 12.2 Å². The first kappa shape index (κ1) is 28.5. The molecule has 0 aliphatic carbocycles. The second-order valence-corrected chi connectivity index (χ2v) is 11.6. The Morgan fingerprint density at radius 2 is 1.90 bits per heavy atom. The number of aromatic nitrogens is 3. The van der Waals surface area contributed by atoms with Crippen molar-refractivity contribution < 1.29 is 14.3 Å². The van der Waals surface area contributed by atoms with Crippen LogP contribution in [0.2, 0.25) is 10.0 Å². The molecule has 40 heavy (non-hydrogen) atoms. The molecule has 1 aromatic heterocycles. The van der Waals surface area contributed by atoms with E-state index in [1.807, 2.05) is 73.7 Å². The van der Waals surface area contributed by atoms with Crippen LogP contribution in [-0.2, 0) is 21.9 Å². The number of esters is 1. The number of ether oxygens (including phenoxy) is 2. The minimum Gasteiger partial charge on any atom is -0.489 e. The number of benzene rings is 3. The van der Waals surface area contributed by atoms with Crippen LogP contribution in [0.25, 0.3) is 0 Å². The SMILES string of the molecule is CCOC(=O)C1=C(C)Nc2nc(SCc3ccccc3Cl)nn2C1c1cc(Br)ccc1OCc1ccc(Cl)cc1. The van der Waals surface area contributed by atoms with Crippen molar-refractivity contribution in [3.05, 3.63) is 109 Å². The zero-order chi connectivity index (χ0) is 28.2. The summed E-state index contributed by atoms with van der Waals surface area (Å²) in [4.78, 5) is 18.0. The number of anilines is 1. The number of halogens is 3. The van der Waals surface area contributed by atoms with Gasteiger partial charge >= 0.3 is 5.97 Å². The van der Waals surface area contributed by atoms with Crippen molar-refractivity contribution in [3.8, 4) is 5.75 Å². The van der Waals surface area contributed by atoms with E-state index in [2.05, 4.69) is 21.2 Å². The predicted molar refractivity (Wildman–Crippen MR) is 162 cm³/mol. The molecule has 7 nitrogen and oxygen atoms in total. The molecular formula is C29H25BrCl2N4O3S. The number of thioether (sulfide) groups is 1. The van der Waals surface area contributed by atoms with Gasteiger partial charge in [-0.1, -0.05) is 81.2 Å². The summed E-state index contributed by atoms with van der Waals surface area (Å²) in [7, 11) is 0. The van der Waals surface area contributed by atoms with Crippen molar-refractivity contribution in [2.45, 2.75) is 37.4 Å². The lowest BCUT2D eigenvalue weighted by molar-refractivity contribution is -0.139. The Morgan fingerprint density at radius 3 is 2.65 bits per heavy atom. The number of carbonyl (C=O) groups excluding carboxylic acids is 1. The Hall–Kier alpha value is -2.98. The molecule has 11 heteroatoms. The Bertz CT molecular complexity index is 1580. The van der Waals surface area contributed by atoms with Crippen LogP contribution < -0.4 is 10.1 Å². The van der Waals surface area contributed by atoms with E-state index in [4.69, 9.17) is 42.8 Å². The number of hydrogen-bond acceptors (Lipinski definition) is 7. The number of allylic oxidation sites excluding steroid dienone is 1. The summed E-state index contributed by atoms with van der Waals surface area (Å²) in [6.07, 6.45) is 0. The highest BCUT2D eigenvalue weighted by Gasteiger charge is 2.37. The molecule has 1 N–H and O–H groups in total. The van der Waals surface area contributed by atoms with Gasteiger partial charge < -0.3 is 14.8 Å². The van der Waals surface area contributed by atoms with Crippen molar-refractivity contribution in [2.75, 3.05) is 11.9 Å². The molecule has 1 aliphatic heterocycles. The normalized spacial score (nSPS) is 14.5. The van der Waals surface area contributed by atoms with Gasteiger partial charge in [0.2, 0.25) is 11.1 Å². The summed E-state index contributed by atoms with van der Waals surface area (Å²) in [5.74, 6) is 1.27. The molecule has 0 fully saturated rings. The van der Waals surface area contributed by atoms with Gasteiger partial charge in [-0.25, -0.2) is 9.48 Å². The van der Waals surface area contributed by atoms with Crippen molar-refractivity contribution >= 4 is 62.8 Å². The summed E-state index contributed by atoms with van der Waals surface area (Å²) in [5.41, 5.74) is 3.74. The Kier molecular flexibility index (Phi) is 9.05. The molecule has 3 aromatic carbocycles. The van der Waals surface area contributed by atoms with E-state index in [1.165, 1.54) is 11.8 Å². The third kappa shape index (κ3) is 6.33. The fraction of sp³-hybridized carbons (Fsp3) is 0.207. The van der Waals surface area contributed by atoms with E-state index in [9.17, 15) is 4.79 Å². The van der Waals surface area contributed by atoms with Crippen molar-refractivity contribution in [1.29, 1.82) is 0 Å². The zero-order valence-electron chi connectivity index (χ0n) is 21.7. The fourth-order valence-electron chi connectivity index (χ4n) is 4.32. The molecule has 1 unspecified atom stereocenters. The Labute approximate surface area is 255 Å². The predicted octanol–water partition coefficient (Wildman–Crippen LogP) is 8.07. The lowest BCUT2D eigenvalue weighted by atomic mass is 9.95. The quantitative estimate of drug-likeness (QED) is 0.144. The maximum atomic E-state index is 13.3. The summed E-state index contributed by atoms with van der Waals surface area (Å²) in [6, 6.07) is 20.2. The third-order valence-electron chi connectivity index (χ3n) is 6.22. The standard InChI is InChI=1S/C29H25BrCl2N4O3S/c1-3-38-27(37)25-17(2)33-28-34-29(40-16-19-6-4-5-7-23(19)32)35-36(28)26(25)22-14-20(30)10-13-24(22)39-15-18-8-11-21(31)12-9-18/h4-14,26H,3,15-16H2,1-2H3,(H,33,34,35). The number of hydrogen-bond donors (Lipinski definition) is 1. The van der Waals surface area contributed by atoms with E-state index >= 15 is 0 Å². The van der Waals surface area contributed by atoms with E-state index in [0.717, 1.165) is 21.2 Å². The molecule has 0 radical (unpaired) electrons. The largest absolute Gasteiger partial charge is 0.489 e. The van der Waals surface area contributed by atoms with Gasteiger partial charge in [0.1, 0.15) is 18.4 Å². The molecule has 4 aromatic rings.